The molecule has 1 aliphatic heterocycles. The van der Waals surface area contributed by atoms with Gasteiger partial charge in [0.1, 0.15) is 10.8 Å². The lowest BCUT2D eigenvalue weighted by molar-refractivity contribution is 0.203. The highest BCUT2D eigenvalue weighted by Crippen LogP contribution is 2.29. The predicted octanol–water partition coefficient (Wildman–Crippen LogP) is 4.67. The van der Waals surface area contributed by atoms with Gasteiger partial charge < -0.3 is 5.32 Å². The van der Waals surface area contributed by atoms with Crippen molar-refractivity contribution in [1.82, 2.24) is 20.1 Å². The van der Waals surface area contributed by atoms with Gasteiger partial charge in [-0.2, -0.15) is 0 Å². The predicted molar refractivity (Wildman–Crippen MR) is 111 cm³/mol. The van der Waals surface area contributed by atoms with Crippen molar-refractivity contribution in [3.05, 3.63) is 64.3 Å². The highest BCUT2D eigenvalue weighted by Gasteiger charge is 2.22. The molecule has 0 bridgehead atoms. The number of nitrogens with one attached hydrogen (secondary N) is 1. The number of pyridine rings is 1. The minimum Gasteiger partial charge on any atom is -0.315 e. The van der Waals surface area contributed by atoms with Crippen LogP contribution in [0.1, 0.15) is 40.6 Å². The minimum atomic E-state index is 0.525. The highest BCUT2D eigenvalue weighted by atomic mass is 32.1. The van der Waals surface area contributed by atoms with Crippen molar-refractivity contribution in [2.45, 2.75) is 39.2 Å². The molecular formula is C21H25N5S. The van der Waals surface area contributed by atoms with E-state index in [1.54, 1.807) is 11.3 Å². The lowest BCUT2D eigenvalue weighted by Crippen LogP contribution is -2.32. The van der Waals surface area contributed by atoms with Gasteiger partial charge in [-0.05, 0) is 57.5 Å². The number of benzene rings is 1. The van der Waals surface area contributed by atoms with Crippen molar-refractivity contribution >= 4 is 22.3 Å². The molecule has 6 heteroatoms. The average Bonchev–Trinajstić information content (AvgIpc) is 3.07. The quantitative estimate of drug-likeness (QED) is 0.698. The van der Waals surface area contributed by atoms with E-state index in [1.165, 1.54) is 16.8 Å². The molecule has 4 rings (SSSR count). The van der Waals surface area contributed by atoms with Crippen LogP contribution in [0.3, 0.4) is 0 Å². The van der Waals surface area contributed by atoms with Gasteiger partial charge >= 0.3 is 0 Å². The molecule has 0 spiro atoms. The van der Waals surface area contributed by atoms with E-state index < -0.39 is 0 Å². The van der Waals surface area contributed by atoms with Gasteiger partial charge in [0.15, 0.2) is 0 Å². The van der Waals surface area contributed by atoms with Crippen LogP contribution >= 0.6 is 11.3 Å². The number of hydrogen-bond acceptors (Lipinski definition) is 6. The third-order valence-electron chi connectivity index (χ3n) is 5.03. The Kier molecular flexibility index (Phi) is 5.45. The number of nitrogens with zero attached hydrogens (tertiary/aromatic N) is 4. The molecular weight excluding hydrogens is 354 g/mol. The second-order valence-electron chi connectivity index (χ2n) is 7.24. The van der Waals surface area contributed by atoms with Crippen LogP contribution in [0.25, 0.3) is 0 Å². The van der Waals surface area contributed by atoms with Crippen LogP contribution in [0.15, 0.2) is 42.5 Å². The number of anilines is 2. The zero-order valence-corrected chi connectivity index (χ0v) is 16.7. The van der Waals surface area contributed by atoms with Crippen molar-refractivity contribution in [3.8, 4) is 0 Å². The largest absolute Gasteiger partial charge is 0.315 e. The SMILES string of the molecule is Cc1cccc(CN2CCC(c3cccc(Nc4nnc(C)s4)n3)CC2)c1. The average molecular weight is 380 g/mol. The second kappa shape index (κ2) is 8.15. The van der Waals surface area contributed by atoms with E-state index in [0.29, 0.717) is 5.92 Å². The Hall–Kier alpha value is -2.31. The first-order valence-corrected chi connectivity index (χ1v) is 10.3. The first-order valence-electron chi connectivity index (χ1n) is 9.48. The normalized spacial score (nSPS) is 15.8. The molecule has 3 aromatic rings. The first kappa shape index (κ1) is 18.1. The Morgan fingerprint density at radius 2 is 1.89 bits per heavy atom. The maximum Gasteiger partial charge on any atom is 0.211 e. The van der Waals surface area contributed by atoms with E-state index >= 15 is 0 Å². The summed E-state index contributed by atoms with van der Waals surface area (Å²) in [7, 11) is 0. The third kappa shape index (κ3) is 4.70. The first-order chi connectivity index (χ1) is 13.2. The van der Waals surface area contributed by atoms with E-state index in [2.05, 4.69) is 63.7 Å². The van der Waals surface area contributed by atoms with Crippen LogP contribution in [0.4, 0.5) is 10.9 Å². The number of likely N-dealkylation sites (tertiary alicyclic amines) is 1. The number of aromatic nitrogens is 3. The molecule has 3 heterocycles. The van der Waals surface area contributed by atoms with E-state index in [4.69, 9.17) is 4.98 Å². The topological polar surface area (TPSA) is 53.9 Å². The summed E-state index contributed by atoms with van der Waals surface area (Å²) in [5, 5.41) is 13.2. The summed E-state index contributed by atoms with van der Waals surface area (Å²) in [4.78, 5) is 7.38. The summed E-state index contributed by atoms with van der Waals surface area (Å²) in [5.74, 6) is 1.38. The van der Waals surface area contributed by atoms with Gasteiger partial charge in [-0.25, -0.2) is 4.98 Å². The Morgan fingerprint density at radius 1 is 1.07 bits per heavy atom. The zero-order valence-electron chi connectivity index (χ0n) is 15.9. The lowest BCUT2D eigenvalue weighted by atomic mass is 9.92. The Labute approximate surface area is 164 Å². The molecule has 1 N–H and O–H groups in total. The maximum absolute atomic E-state index is 4.83. The molecule has 0 radical (unpaired) electrons. The fourth-order valence-electron chi connectivity index (χ4n) is 3.66. The smallest absolute Gasteiger partial charge is 0.211 e. The highest BCUT2D eigenvalue weighted by molar-refractivity contribution is 7.15. The van der Waals surface area contributed by atoms with Crippen LogP contribution in [0, 0.1) is 13.8 Å². The van der Waals surface area contributed by atoms with E-state index in [9.17, 15) is 0 Å². The molecule has 0 saturated carbocycles. The van der Waals surface area contributed by atoms with E-state index in [1.807, 2.05) is 13.0 Å². The lowest BCUT2D eigenvalue weighted by Gasteiger charge is -2.31. The van der Waals surface area contributed by atoms with Crippen LogP contribution in [0.5, 0.6) is 0 Å². The Bertz CT molecular complexity index is 899. The molecule has 1 aromatic carbocycles. The number of rotatable bonds is 5. The second-order valence-corrected chi connectivity index (χ2v) is 8.42. The molecule has 27 heavy (non-hydrogen) atoms. The van der Waals surface area contributed by atoms with Crippen LogP contribution in [0.2, 0.25) is 0 Å². The van der Waals surface area contributed by atoms with E-state index in [-0.39, 0.29) is 0 Å². The Balaban J connectivity index is 1.36. The van der Waals surface area contributed by atoms with Gasteiger partial charge in [-0.3, -0.25) is 4.90 Å². The van der Waals surface area contributed by atoms with Gasteiger partial charge in [0, 0.05) is 18.2 Å². The molecule has 2 aromatic heterocycles. The summed E-state index contributed by atoms with van der Waals surface area (Å²) in [6.07, 6.45) is 2.31. The maximum atomic E-state index is 4.83. The molecule has 140 valence electrons. The van der Waals surface area contributed by atoms with Gasteiger partial charge in [-0.1, -0.05) is 47.2 Å². The van der Waals surface area contributed by atoms with Crippen molar-refractivity contribution in [3.63, 3.8) is 0 Å². The van der Waals surface area contributed by atoms with Gasteiger partial charge in [-0.15, -0.1) is 10.2 Å². The van der Waals surface area contributed by atoms with Crippen molar-refractivity contribution in [2.24, 2.45) is 0 Å². The summed E-state index contributed by atoms with van der Waals surface area (Å²) < 4.78 is 0. The zero-order chi connectivity index (χ0) is 18.6. The molecule has 1 fully saturated rings. The molecule has 0 amide bonds. The molecule has 1 saturated heterocycles. The number of piperidine rings is 1. The molecule has 0 atom stereocenters. The molecule has 0 aliphatic carbocycles. The monoisotopic (exact) mass is 379 g/mol. The van der Waals surface area contributed by atoms with Crippen LogP contribution in [-0.2, 0) is 6.54 Å². The van der Waals surface area contributed by atoms with Gasteiger partial charge in [0.05, 0.1) is 0 Å². The van der Waals surface area contributed by atoms with Gasteiger partial charge in [0.2, 0.25) is 5.13 Å². The molecule has 1 aliphatic rings. The van der Waals surface area contributed by atoms with Crippen LogP contribution < -0.4 is 5.32 Å². The Morgan fingerprint density at radius 3 is 2.63 bits per heavy atom. The minimum absolute atomic E-state index is 0.525. The summed E-state index contributed by atoms with van der Waals surface area (Å²) in [6.45, 7) is 7.39. The van der Waals surface area contributed by atoms with Crippen LogP contribution in [-0.4, -0.2) is 33.2 Å². The van der Waals surface area contributed by atoms with Crippen molar-refractivity contribution in [2.75, 3.05) is 18.4 Å². The standard InChI is InChI=1S/C21H25N5S/c1-15-5-3-6-17(13-15)14-26-11-9-18(10-12-26)19-7-4-8-20(22-19)23-21-25-24-16(2)27-21/h3-8,13,18H,9-12,14H2,1-2H3,(H,22,23,25). The van der Waals surface area contributed by atoms with E-state index in [0.717, 1.165) is 48.4 Å². The third-order valence-corrected chi connectivity index (χ3v) is 5.78. The number of hydrogen-bond donors (Lipinski definition) is 1. The van der Waals surface area contributed by atoms with Gasteiger partial charge in [0.25, 0.3) is 0 Å². The fraction of sp³-hybridized carbons (Fsp3) is 0.381. The summed E-state index contributed by atoms with van der Waals surface area (Å²) >= 11 is 1.55. The fourth-order valence-corrected chi connectivity index (χ4v) is 4.26. The number of aryl methyl sites for hydroxylation is 2. The summed E-state index contributed by atoms with van der Waals surface area (Å²) in [5.41, 5.74) is 3.92. The summed E-state index contributed by atoms with van der Waals surface area (Å²) in [6, 6.07) is 15.1. The van der Waals surface area contributed by atoms with Crippen molar-refractivity contribution in [1.29, 1.82) is 0 Å². The van der Waals surface area contributed by atoms with Crippen molar-refractivity contribution < 1.29 is 0 Å². The molecule has 0 unspecified atom stereocenters. The molecule has 5 nitrogen and oxygen atoms in total.